The van der Waals surface area contributed by atoms with Crippen LogP contribution in [-0.4, -0.2) is 19.3 Å². The smallest absolute Gasteiger partial charge is 0.101 e. The lowest BCUT2D eigenvalue weighted by atomic mass is 10.2. The zero-order valence-electron chi connectivity index (χ0n) is 9.16. The Morgan fingerprint density at radius 3 is 2.80 bits per heavy atom. The molecule has 1 aromatic carbocycles. The number of nitriles is 1. The minimum absolute atomic E-state index is 0.248. The summed E-state index contributed by atoms with van der Waals surface area (Å²) in [5.41, 5.74) is 1.54. The third kappa shape index (κ3) is 4.01. The molecule has 0 bridgehead atoms. The molecular weight excluding hydrogens is 188 g/mol. The number of benzene rings is 1. The average Bonchev–Trinajstić information content (AvgIpc) is 2.24. The Morgan fingerprint density at radius 1 is 1.40 bits per heavy atom. The molecule has 80 valence electrons. The predicted molar refractivity (Wildman–Crippen MR) is 60.7 cm³/mol. The molecule has 0 atom stereocenters. The number of anilines is 1. The third-order valence-electron chi connectivity index (χ3n) is 1.92. The topological polar surface area (TPSA) is 45.0 Å². The van der Waals surface area contributed by atoms with Gasteiger partial charge in [-0.3, -0.25) is 0 Å². The van der Waals surface area contributed by atoms with Gasteiger partial charge >= 0.3 is 0 Å². The zero-order chi connectivity index (χ0) is 11.1. The van der Waals surface area contributed by atoms with Gasteiger partial charge in [-0.25, -0.2) is 0 Å². The molecule has 0 radical (unpaired) electrons. The monoisotopic (exact) mass is 204 g/mol. The van der Waals surface area contributed by atoms with E-state index in [-0.39, 0.29) is 6.10 Å². The lowest BCUT2D eigenvalue weighted by molar-refractivity contribution is 0.0870. The fourth-order valence-electron chi connectivity index (χ4n) is 1.22. The second-order valence-corrected chi connectivity index (χ2v) is 3.50. The summed E-state index contributed by atoms with van der Waals surface area (Å²) in [6.07, 6.45) is 0.248. The highest BCUT2D eigenvalue weighted by Gasteiger charge is 1.99. The molecule has 3 nitrogen and oxygen atoms in total. The summed E-state index contributed by atoms with van der Waals surface area (Å²) in [5, 5.41) is 12.0. The molecular formula is C12H16N2O. The van der Waals surface area contributed by atoms with Gasteiger partial charge in [0.05, 0.1) is 24.0 Å². The Kier molecular flexibility index (Phi) is 4.65. The van der Waals surface area contributed by atoms with Crippen LogP contribution in [0.1, 0.15) is 19.4 Å². The highest BCUT2D eigenvalue weighted by Crippen LogP contribution is 2.12. The van der Waals surface area contributed by atoms with Gasteiger partial charge in [0.2, 0.25) is 0 Å². The van der Waals surface area contributed by atoms with E-state index in [9.17, 15) is 0 Å². The summed E-state index contributed by atoms with van der Waals surface area (Å²) in [5.74, 6) is 0. The molecule has 0 fully saturated rings. The van der Waals surface area contributed by atoms with Crippen molar-refractivity contribution in [3.05, 3.63) is 29.8 Å². The molecule has 0 aliphatic carbocycles. The highest BCUT2D eigenvalue weighted by atomic mass is 16.5. The largest absolute Gasteiger partial charge is 0.382 e. The number of nitrogens with zero attached hydrogens (tertiary/aromatic N) is 1. The molecule has 0 unspecified atom stereocenters. The number of hydrogen-bond acceptors (Lipinski definition) is 3. The van der Waals surface area contributed by atoms with Crippen LogP contribution >= 0.6 is 0 Å². The van der Waals surface area contributed by atoms with E-state index in [0.717, 1.165) is 12.2 Å². The van der Waals surface area contributed by atoms with Crippen molar-refractivity contribution in [3.63, 3.8) is 0 Å². The summed E-state index contributed by atoms with van der Waals surface area (Å²) in [7, 11) is 0. The molecule has 0 aliphatic rings. The van der Waals surface area contributed by atoms with E-state index in [1.165, 1.54) is 0 Å². The van der Waals surface area contributed by atoms with Gasteiger partial charge in [0.25, 0.3) is 0 Å². The van der Waals surface area contributed by atoms with Gasteiger partial charge in [-0.15, -0.1) is 0 Å². The van der Waals surface area contributed by atoms with E-state index >= 15 is 0 Å². The fourth-order valence-corrected chi connectivity index (χ4v) is 1.22. The molecule has 1 N–H and O–H groups in total. The minimum Gasteiger partial charge on any atom is -0.382 e. The van der Waals surface area contributed by atoms with Crippen molar-refractivity contribution < 1.29 is 4.74 Å². The molecule has 0 spiro atoms. The lowest BCUT2D eigenvalue weighted by Gasteiger charge is -2.10. The van der Waals surface area contributed by atoms with Crippen LogP contribution in [-0.2, 0) is 4.74 Å². The van der Waals surface area contributed by atoms with Crippen LogP contribution in [0.4, 0.5) is 5.69 Å². The molecule has 0 heterocycles. The minimum atomic E-state index is 0.248. The molecule has 1 rings (SSSR count). The number of rotatable bonds is 5. The van der Waals surface area contributed by atoms with Crippen molar-refractivity contribution in [3.8, 4) is 6.07 Å². The van der Waals surface area contributed by atoms with Crippen LogP contribution in [0.5, 0.6) is 0 Å². The first-order chi connectivity index (χ1) is 7.24. The SMILES string of the molecule is CC(C)OCCNc1ccccc1C#N. The van der Waals surface area contributed by atoms with Crippen molar-refractivity contribution in [2.45, 2.75) is 20.0 Å². The van der Waals surface area contributed by atoms with Crippen molar-refractivity contribution >= 4 is 5.69 Å². The fraction of sp³-hybridized carbons (Fsp3) is 0.417. The molecule has 0 amide bonds. The van der Waals surface area contributed by atoms with Gasteiger partial charge in [-0.2, -0.15) is 5.26 Å². The molecule has 0 saturated heterocycles. The first kappa shape index (κ1) is 11.5. The zero-order valence-corrected chi connectivity index (χ0v) is 9.16. The van der Waals surface area contributed by atoms with E-state index in [4.69, 9.17) is 10.00 Å². The van der Waals surface area contributed by atoms with Crippen molar-refractivity contribution in [2.75, 3.05) is 18.5 Å². The molecule has 1 aromatic rings. The molecule has 0 aliphatic heterocycles. The van der Waals surface area contributed by atoms with Crippen LogP contribution in [0.2, 0.25) is 0 Å². The van der Waals surface area contributed by atoms with Crippen LogP contribution < -0.4 is 5.32 Å². The summed E-state index contributed by atoms with van der Waals surface area (Å²) in [6, 6.07) is 9.60. The molecule has 15 heavy (non-hydrogen) atoms. The normalized spacial score (nSPS) is 10.0. The van der Waals surface area contributed by atoms with Crippen LogP contribution in [0.3, 0.4) is 0 Å². The van der Waals surface area contributed by atoms with E-state index in [2.05, 4.69) is 11.4 Å². The van der Waals surface area contributed by atoms with Crippen molar-refractivity contribution in [2.24, 2.45) is 0 Å². The van der Waals surface area contributed by atoms with Gasteiger partial charge in [0, 0.05) is 6.54 Å². The maximum atomic E-state index is 8.84. The Hall–Kier alpha value is -1.53. The Labute approximate surface area is 90.7 Å². The second kappa shape index (κ2) is 6.05. The number of nitrogens with one attached hydrogen (secondary N) is 1. The molecule has 3 heteroatoms. The first-order valence-electron chi connectivity index (χ1n) is 5.08. The van der Waals surface area contributed by atoms with E-state index < -0.39 is 0 Å². The Morgan fingerprint density at radius 2 is 2.13 bits per heavy atom. The highest BCUT2D eigenvalue weighted by molar-refractivity contribution is 5.56. The molecule has 0 aromatic heterocycles. The maximum Gasteiger partial charge on any atom is 0.101 e. The second-order valence-electron chi connectivity index (χ2n) is 3.50. The summed E-state index contributed by atoms with van der Waals surface area (Å²) in [4.78, 5) is 0. The summed E-state index contributed by atoms with van der Waals surface area (Å²) >= 11 is 0. The van der Waals surface area contributed by atoms with Crippen LogP contribution in [0.25, 0.3) is 0 Å². The van der Waals surface area contributed by atoms with E-state index in [1.54, 1.807) is 6.07 Å². The van der Waals surface area contributed by atoms with Gasteiger partial charge in [0.15, 0.2) is 0 Å². The van der Waals surface area contributed by atoms with Crippen LogP contribution in [0, 0.1) is 11.3 Å². The number of hydrogen-bond donors (Lipinski definition) is 1. The van der Waals surface area contributed by atoms with Gasteiger partial charge in [-0.05, 0) is 26.0 Å². The Bertz CT molecular complexity index is 342. The van der Waals surface area contributed by atoms with Crippen molar-refractivity contribution in [1.29, 1.82) is 5.26 Å². The van der Waals surface area contributed by atoms with Crippen LogP contribution in [0.15, 0.2) is 24.3 Å². The molecule has 0 saturated carbocycles. The average molecular weight is 204 g/mol. The summed E-state index contributed by atoms with van der Waals surface area (Å²) < 4.78 is 5.39. The van der Waals surface area contributed by atoms with E-state index in [1.807, 2.05) is 32.0 Å². The van der Waals surface area contributed by atoms with E-state index in [0.29, 0.717) is 12.2 Å². The third-order valence-corrected chi connectivity index (χ3v) is 1.92. The van der Waals surface area contributed by atoms with Gasteiger partial charge in [0.1, 0.15) is 6.07 Å². The predicted octanol–water partition coefficient (Wildman–Crippen LogP) is 2.40. The lowest BCUT2D eigenvalue weighted by Crippen LogP contribution is -2.13. The van der Waals surface area contributed by atoms with Gasteiger partial charge < -0.3 is 10.1 Å². The quantitative estimate of drug-likeness (QED) is 0.749. The van der Waals surface area contributed by atoms with Gasteiger partial charge in [-0.1, -0.05) is 12.1 Å². The standard InChI is InChI=1S/C12H16N2O/c1-10(2)15-8-7-14-12-6-4-3-5-11(12)9-13/h3-6,10,14H,7-8H2,1-2H3. The maximum absolute atomic E-state index is 8.84. The van der Waals surface area contributed by atoms with Crippen molar-refractivity contribution in [1.82, 2.24) is 0 Å². The summed E-state index contributed by atoms with van der Waals surface area (Å²) in [6.45, 7) is 5.38. The number of para-hydroxylation sites is 1. The Balaban J connectivity index is 2.41. The number of ether oxygens (including phenoxy) is 1. The first-order valence-corrected chi connectivity index (χ1v) is 5.08.